The topological polar surface area (TPSA) is 140 Å². The molecule has 0 spiro atoms. The largest absolute Gasteiger partial charge is 0.356 e. The minimum absolute atomic E-state index is 0.0118. The van der Waals surface area contributed by atoms with Gasteiger partial charge in [0.1, 0.15) is 11.7 Å². The van der Waals surface area contributed by atoms with Crippen molar-refractivity contribution in [1.29, 1.82) is 0 Å². The summed E-state index contributed by atoms with van der Waals surface area (Å²) >= 11 is 0. The minimum atomic E-state index is -1.19. The SMILES string of the molecule is O=C(NCc1ccccc1)C(=O)[C@H](C[C@@H]1CCCNC1=O)NC(=O)[C@@H]1CCCN1C(=O)c1cc2ccccc2[nH]1. The van der Waals surface area contributed by atoms with Gasteiger partial charge in [-0.15, -0.1) is 0 Å². The number of Topliss-reactive ketones (excluding diaryl/α,β-unsaturated/α-hetero) is 1. The predicted molar refractivity (Wildman–Crippen MR) is 148 cm³/mol. The average molecular weight is 544 g/mol. The Balaban J connectivity index is 1.30. The van der Waals surface area contributed by atoms with E-state index in [2.05, 4.69) is 20.9 Å². The summed E-state index contributed by atoms with van der Waals surface area (Å²) in [7, 11) is 0. The van der Waals surface area contributed by atoms with Crippen LogP contribution in [0.1, 0.15) is 48.2 Å². The molecule has 40 heavy (non-hydrogen) atoms. The highest BCUT2D eigenvalue weighted by Gasteiger charge is 2.39. The quantitative estimate of drug-likeness (QED) is 0.306. The van der Waals surface area contributed by atoms with Gasteiger partial charge in [0.25, 0.3) is 11.8 Å². The zero-order chi connectivity index (χ0) is 28.1. The molecule has 5 rings (SSSR count). The highest BCUT2D eigenvalue weighted by molar-refractivity contribution is 6.38. The van der Waals surface area contributed by atoms with E-state index in [4.69, 9.17) is 0 Å². The monoisotopic (exact) mass is 543 g/mol. The van der Waals surface area contributed by atoms with Crippen LogP contribution >= 0.6 is 0 Å². The second-order valence-corrected chi connectivity index (χ2v) is 10.4. The molecule has 4 amide bonds. The van der Waals surface area contributed by atoms with Crippen molar-refractivity contribution in [2.45, 2.75) is 50.7 Å². The number of piperidine rings is 1. The lowest BCUT2D eigenvalue weighted by atomic mass is 9.89. The van der Waals surface area contributed by atoms with E-state index >= 15 is 0 Å². The van der Waals surface area contributed by atoms with Crippen molar-refractivity contribution >= 4 is 40.3 Å². The van der Waals surface area contributed by atoms with Crippen LogP contribution in [0.15, 0.2) is 60.7 Å². The van der Waals surface area contributed by atoms with Crippen LogP contribution in [-0.2, 0) is 25.7 Å². The molecule has 4 N–H and O–H groups in total. The molecule has 2 aromatic carbocycles. The molecule has 1 aromatic heterocycles. The minimum Gasteiger partial charge on any atom is -0.356 e. The summed E-state index contributed by atoms with van der Waals surface area (Å²) in [5.41, 5.74) is 2.03. The number of para-hydroxylation sites is 1. The Bertz CT molecular complexity index is 1390. The van der Waals surface area contributed by atoms with Gasteiger partial charge in [0.05, 0.1) is 6.04 Å². The fourth-order valence-corrected chi connectivity index (χ4v) is 5.49. The highest BCUT2D eigenvalue weighted by atomic mass is 16.2. The lowest BCUT2D eigenvalue weighted by Crippen LogP contribution is -2.54. The van der Waals surface area contributed by atoms with Gasteiger partial charge in [-0.1, -0.05) is 48.5 Å². The molecule has 10 heteroatoms. The average Bonchev–Trinajstić information content (AvgIpc) is 3.64. The molecule has 0 bridgehead atoms. The number of benzene rings is 2. The number of nitrogens with zero attached hydrogens (tertiary/aromatic N) is 1. The Morgan fingerprint density at radius 3 is 2.52 bits per heavy atom. The molecule has 2 saturated heterocycles. The molecular weight excluding hydrogens is 510 g/mol. The van der Waals surface area contributed by atoms with Gasteiger partial charge in [-0.3, -0.25) is 24.0 Å². The van der Waals surface area contributed by atoms with Crippen LogP contribution < -0.4 is 16.0 Å². The van der Waals surface area contributed by atoms with Gasteiger partial charge < -0.3 is 25.8 Å². The van der Waals surface area contributed by atoms with Crippen LogP contribution in [0.3, 0.4) is 0 Å². The third kappa shape index (κ3) is 6.06. The molecule has 10 nitrogen and oxygen atoms in total. The van der Waals surface area contributed by atoms with Gasteiger partial charge in [0.2, 0.25) is 17.6 Å². The summed E-state index contributed by atoms with van der Waals surface area (Å²) in [6, 6.07) is 16.5. The number of nitrogens with one attached hydrogen (secondary N) is 4. The molecule has 3 aromatic rings. The fourth-order valence-electron chi connectivity index (χ4n) is 5.49. The van der Waals surface area contributed by atoms with Crippen molar-refractivity contribution in [1.82, 2.24) is 25.8 Å². The third-order valence-electron chi connectivity index (χ3n) is 7.65. The number of carbonyl (C=O) groups excluding carboxylic acids is 5. The van der Waals surface area contributed by atoms with Crippen molar-refractivity contribution < 1.29 is 24.0 Å². The zero-order valence-corrected chi connectivity index (χ0v) is 22.2. The second-order valence-electron chi connectivity index (χ2n) is 10.4. The molecule has 0 aliphatic carbocycles. The summed E-state index contributed by atoms with van der Waals surface area (Å²) in [6.45, 7) is 1.11. The summed E-state index contributed by atoms with van der Waals surface area (Å²) in [4.78, 5) is 70.1. The van der Waals surface area contributed by atoms with Gasteiger partial charge >= 0.3 is 0 Å². The smallest absolute Gasteiger partial charge is 0.289 e. The number of fused-ring (bicyclic) bond motifs is 1. The number of rotatable bonds is 9. The van der Waals surface area contributed by atoms with Crippen molar-refractivity contribution in [3.8, 4) is 0 Å². The Hall–Kier alpha value is -4.47. The van der Waals surface area contributed by atoms with Gasteiger partial charge in [-0.05, 0) is 49.8 Å². The summed E-state index contributed by atoms with van der Waals surface area (Å²) < 4.78 is 0. The third-order valence-corrected chi connectivity index (χ3v) is 7.65. The van der Waals surface area contributed by atoms with Crippen LogP contribution in [0.2, 0.25) is 0 Å². The van der Waals surface area contributed by atoms with Crippen LogP contribution in [0.25, 0.3) is 10.9 Å². The first-order chi connectivity index (χ1) is 19.4. The molecular formula is C30H33N5O5. The first-order valence-corrected chi connectivity index (χ1v) is 13.7. The van der Waals surface area contributed by atoms with E-state index in [0.717, 1.165) is 22.9 Å². The molecule has 2 aliphatic rings. The van der Waals surface area contributed by atoms with E-state index in [1.165, 1.54) is 4.90 Å². The van der Waals surface area contributed by atoms with Crippen molar-refractivity contribution in [3.05, 3.63) is 71.9 Å². The van der Waals surface area contributed by atoms with Gasteiger partial charge in [-0.25, -0.2) is 0 Å². The van der Waals surface area contributed by atoms with Crippen LogP contribution in [-0.4, -0.2) is 64.5 Å². The molecule has 2 fully saturated rings. The Kier molecular flexibility index (Phi) is 8.23. The molecule has 2 aliphatic heterocycles. The van der Waals surface area contributed by atoms with E-state index in [1.54, 1.807) is 6.07 Å². The van der Waals surface area contributed by atoms with Gasteiger partial charge in [0, 0.05) is 36.5 Å². The summed E-state index contributed by atoms with van der Waals surface area (Å²) in [6.07, 6.45) is 2.39. The molecule has 0 radical (unpaired) electrons. The highest BCUT2D eigenvalue weighted by Crippen LogP contribution is 2.24. The van der Waals surface area contributed by atoms with E-state index < -0.39 is 35.6 Å². The number of hydrogen-bond donors (Lipinski definition) is 4. The van der Waals surface area contributed by atoms with Crippen molar-refractivity contribution in [2.24, 2.45) is 5.92 Å². The first kappa shape index (κ1) is 27.1. The number of aromatic amines is 1. The predicted octanol–water partition coefficient (Wildman–Crippen LogP) is 2.06. The van der Waals surface area contributed by atoms with Gasteiger partial charge in [0.15, 0.2) is 0 Å². The van der Waals surface area contributed by atoms with Gasteiger partial charge in [-0.2, -0.15) is 0 Å². The van der Waals surface area contributed by atoms with Crippen LogP contribution in [0.4, 0.5) is 0 Å². The molecule has 3 heterocycles. The normalized spacial score (nSPS) is 19.6. The molecule has 0 unspecified atom stereocenters. The van der Waals surface area contributed by atoms with E-state index in [1.807, 2.05) is 54.6 Å². The van der Waals surface area contributed by atoms with Crippen molar-refractivity contribution in [3.63, 3.8) is 0 Å². The first-order valence-electron chi connectivity index (χ1n) is 13.7. The van der Waals surface area contributed by atoms with E-state index in [9.17, 15) is 24.0 Å². The number of H-pyrrole nitrogens is 1. The maximum absolute atomic E-state index is 13.5. The number of carbonyl (C=O) groups is 5. The Labute approximate surface area is 231 Å². The number of likely N-dealkylation sites (tertiary alicyclic amines) is 1. The maximum atomic E-state index is 13.5. The second kappa shape index (κ2) is 12.1. The fraction of sp³-hybridized carbons (Fsp3) is 0.367. The number of amides is 4. The van der Waals surface area contributed by atoms with Crippen LogP contribution in [0, 0.1) is 5.92 Å². The standard InChI is InChI=1S/C30H33N5O5/c36-26(29(39)32-18-19-8-2-1-3-9-19)23(17-21-11-6-14-31-27(21)37)34-28(38)25-13-7-15-35(25)30(40)24-16-20-10-4-5-12-22(20)33-24/h1-5,8-10,12,16,21,23,25,33H,6-7,11,13-15,17-18H2,(H,31,37)(H,32,39)(H,34,38)/t21-,23-,25-/m0/s1. The van der Waals surface area contributed by atoms with Crippen molar-refractivity contribution in [2.75, 3.05) is 13.1 Å². The Morgan fingerprint density at radius 1 is 0.975 bits per heavy atom. The zero-order valence-electron chi connectivity index (χ0n) is 22.2. The lowest BCUT2D eigenvalue weighted by molar-refractivity contribution is -0.141. The van der Waals surface area contributed by atoms with E-state index in [0.29, 0.717) is 38.0 Å². The number of ketones is 1. The molecule has 3 atom stereocenters. The van der Waals surface area contributed by atoms with E-state index in [-0.39, 0.29) is 24.8 Å². The van der Waals surface area contributed by atoms with Crippen LogP contribution in [0.5, 0.6) is 0 Å². The Morgan fingerprint density at radius 2 is 1.75 bits per heavy atom. The molecule has 208 valence electrons. The maximum Gasteiger partial charge on any atom is 0.289 e. The molecule has 0 saturated carbocycles. The summed E-state index contributed by atoms with van der Waals surface area (Å²) in [5, 5.41) is 9.04. The lowest BCUT2D eigenvalue weighted by Gasteiger charge is -2.28. The summed E-state index contributed by atoms with van der Waals surface area (Å²) in [5.74, 6) is -3.15. The number of hydrogen-bond acceptors (Lipinski definition) is 5. The number of aromatic nitrogens is 1.